The summed E-state index contributed by atoms with van der Waals surface area (Å²) in [5.41, 5.74) is 1.21. The van der Waals surface area contributed by atoms with E-state index < -0.39 is 0 Å². The molecular formula is C22H30N4O3S. The Morgan fingerprint density at radius 2 is 1.90 bits per heavy atom. The van der Waals surface area contributed by atoms with E-state index in [1.54, 1.807) is 12.0 Å². The average molecular weight is 431 g/mol. The lowest BCUT2D eigenvalue weighted by atomic mass is 9.76. The van der Waals surface area contributed by atoms with E-state index in [0.29, 0.717) is 24.7 Å². The molecule has 1 aliphatic carbocycles. The highest BCUT2D eigenvalue weighted by molar-refractivity contribution is 7.80. The number of hydrogen-bond acceptors (Lipinski definition) is 5. The molecule has 2 amide bonds. The minimum absolute atomic E-state index is 0.0387. The van der Waals surface area contributed by atoms with Gasteiger partial charge < -0.3 is 19.9 Å². The van der Waals surface area contributed by atoms with Crippen LogP contribution in [0, 0.1) is 11.8 Å². The summed E-state index contributed by atoms with van der Waals surface area (Å²) in [7, 11) is 1.62. The molecule has 30 heavy (non-hydrogen) atoms. The number of piperazine rings is 1. The van der Waals surface area contributed by atoms with Crippen LogP contribution in [0.25, 0.3) is 0 Å². The molecule has 3 atom stereocenters. The Morgan fingerprint density at radius 1 is 1.17 bits per heavy atom. The first kappa shape index (κ1) is 21.1. The van der Waals surface area contributed by atoms with Crippen molar-refractivity contribution in [3.8, 4) is 0 Å². The van der Waals surface area contributed by atoms with Crippen LogP contribution in [0.1, 0.15) is 19.3 Å². The largest absolute Gasteiger partial charge is 0.383 e. The molecule has 3 unspecified atom stereocenters. The normalized spacial score (nSPS) is 27.0. The molecule has 8 heteroatoms. The SMILES string of the molecule is COCCN1C(=O)C2CCC(C(=O)N3CCN(c4ccccc4)CC3)CC2NC1=S. The van der Waals surface area contributed by atoms with Crippen molar-refractivity contribution in [2.75, 3.05) is 51.3 Å². The molecule has 2 heterocycles. The zero-order valence-corrected chi connectivity index (χ0v) is 18.3. The van der Waals surface area contributed by atoms with Crippen LogP contribution in [0.5, 0.6) is 0 Å². The van der Waals surface area contributed by atoms with Crippen molar-refractivity contribution in [3.05, 3.63) is 30.3 Å². The lowest BCUT2D eigenvalue weighted by Crippen LogP contribution is -2.62. The highest BCUT2D eigenvalue weighted by atomic mass is 32.1. The van der Waals surface area contributed by atoms with Gasteiger partial charge in [-0.2, -0.15) is 0 Å². The Hall–Kier alpha value is -2.19. The van der Waals surface area contributed by atoms with Crippen LogP contribution in [0.4, 0.5) is 5.69 Å². The molecule has 0 aromatic heterocycles. The van der Waals surface area contributed by atoms with E-state index in [-0.39, 0.29) is 29.7 Å². The summed E-state index contributed by atoms with van der Waals surface area (Å²) in [6.45, 7) is 4.12. The third-order valence-corrected chi connectivity index (χ3v) is 6.91. The van der Waals surface area contributed by atoms with Crippen LogP contribution in [0.2, 0.25) is 0 Å². The molecule has 1 N–H and O–H groups in total. The van der Waals surface area contributed by atoms with E-state index in [2.05, 4.69) is 22.3 Å². The van der Waals surface area contributed by atoms with Gasteiger partial charge in [-0.25, -0.2) is 0 Å². The minimum Gasteiger partial charge on any atom is -0.383 e. The molecule has 2 aliphatic heterocycles. The second-order valence-corrected chi connectivity index (χ2v) is 8.69. The minimum atomic E-state index is -0.104. The van der Waals surface area contributed by atoms with Crippen molar-refractivity contribution in [1.82, 2.24) is 15.1 Å². The van der Waals surface area contributed by atoms with E-state index in [1.807, 2.05) is 23.1 Å². The van der Waals surface area contributed by atoms with Crippen LogP contribution >= 0.6 is 12.2 Å². The summed E-state index contributed by atoms with van der Waals surface area (Å²) in [6.07, 6.45) is 2.16. The highest BCUT2D eigenvalue weighted by Crippen LogP contribution is 2.34. The zero-order valence-electron chi connectivity index (χ0n) is 17.5. The topological polar surface area (TPSA) is 65.1 Å². The molecule has 3 fully saturated rings. The van der Waals surface area contributed by atoms with Crippen LogP contribution < -0.4 is 10.2 Å². The number of carbonyl (C=O) groups is 2. The van der Waals surface area contributed by atoms with E-state index in [1.165, 1.54) is 5.69 Å². The highest BCUT2D eigenvalue weighted by Gasteiger charge is 2.44. The van der Waals surface area contributed by atoms with E-state index in [9.17, 15) is 9.59 Å². The van der Waals surface area contributed by atoms with Crippen LogP contribution in [0.3, 0.4) is 0 Å². The van der Waals surface area contributed by atoms with Gasteiger partial charge in [-0.05, 0) is 43.6 Å². The first-order chi connectivity index (χ1) is 14.6. The summed E-state index contributed by atoms with van der Waals surface area (Å²) in [5.74, 6) is 0.155. The smallest absolute Gasteiger partial charge is 0.233 e. The van der Waals surface area contributed by atoms with Gasteiger partial charge in [0.25, 0.3) is 0 Å². The number of benzene rings is 1. The molecule has 7 nitrogen and oxygen atoms in total. The molecule has 0 radical (unpaired) electrons. The van der Waals surface area contributed by atoms with Crippen molar-refractivity contribution in [3.63, 3.8) is 0 Å². The average Bonchev–Trinajstić information content (AvgIpc) is 2.79. The number of amides is 2. The summed E-state index contributed by atoms with van der Waals surface area (Å²) in [4.78, 5) is 32.0. The quantitative estimate of drug-likeness (QED) is 0.714. The van der Waals surface area contributed by atoms with Gasteiger partial charge in [0, 0.05) is 50.9 Å². The molecule has 1 saturated carbocycles. The maximum atomic E-state index is 13.2. The number of ether oxygens (including phenoxy) is 1. The monoisotopic (exact) mass is 430 g/mol. The Morgan fingerprint density at radius 3 is 2.60 bits per heavy atom. The number of fused-ring (bicyclic) bond motifs is 1. The number of methoxy groups -OCH3 is 1. The van der Waals surface area contributed by atoms with Crippen LogP contribution in [0.15, 0.2) is 30.3 Å². The van der Waals surface area contributed by atoms with E-state index >= 15 is 0 Å². The number of nitrogens with one attached hydrogen (secondary N) is 1. The standard InChI is InChI=1S/C22H30N4O3S/c1-29-14-13-26-21(28)18-8-7-16(15-19(18)23-22(26)30)20(27)25-11-9-24(10-12-25)17-5-3-2-4-6-17/h2-6,16,18-19H,7-15H2,1H3,(H,23,30). The number of thiocarbonyl (C=S) groups is 1. The van der Waals surface area contributed by atoms with Gasteiger partial charge in [0.2, 0.25) is 11.8 Å². The van der Waals surface area contributed by atoms with Gasteiger partial charge >= 0.3 is 0 Å². The third-order valence-electron chi connectivity index (χ3n) is 6.57. The lowest BCUT2D eigenvalue weighted by molar-refractivity contribution is -0.142. The van der Waals surface area contributed by atoms with Crippen molar-refractivity contribution < 1.29 is 14.3 Å². The first-order valence-electron chi connectivity index (χ1n) is 10.8. The number of para-hydroxylation sites is 1. The van der Waals surface area contributed by atoms with Crippen molar-refractivity contribution >= 4 is 34.8 Å². The van der Waals surface area contributed by atoms with Gasteiger partial charge in [0.05, 0.1) is 19.1 Å². The van der Waals surface area contributed by atoms with Gasteiger partial charge in [0.15, 0.2) is 5.11 Å². The fraction of sp³-hybridized carbons (Fsp3) is 0.591. The molecule has 3 aliphatic rings. The zero-order chi connectivity index (χ0) is 21.1. The number of carbonyl (C=O) groups excluding carboxylic acids is 2. The number of hydrogen-bond donors (Lipinski definition) is 1. The van der Waals surface area contributed by atoms with Gasteiger partial charge in [0.1, 0.15) is 0 Å². The van der Waals surface area contributed by atoms with Crippen LogP contribution in [-0.4, -0.2) is 79.2 Å². The number of anilines is 1. The predicted octanol–water partition coefficient (Wildman–Crippen LogP) is 1.48. The molecule has 2 saturated heterocycles. The first-order valence-corrected chi connectivity index (χ1v) is 11.2. The molecule has 1 aromatic rings. The van der Waals surface area contributed by atoms with Crippen molar-refractivity contribution in [1.29, 1.82) is 0 Å². The summed E-state index contributed by atoms with van der Waals surface area (Å²) in [5, 5.41) is 3.79. The summed E-state index contributed by atoms with van der Waals surface area (Å²) in [6, 6.07) is 10.3. The van der Waals surface area contributed by atoms with Gasteiger partial charge in [-0.3, -0.25) is 14.5 Å². The lowest BCUT2D eigenvalue weighted by Gasteiger charge is -2.44. The second kappa shape index (κ2) is 9.31. The summed E-state index contributed by atoms with van der Waals surface area (Å²) < 4.78 is 5.09. The van der Waals surface area contributed by atoms with Crippen molar-refractivity contribution in [2.45, 2.75) is 25.3 Å². The summed E-state index contributed by atoms with van der Waals surface area (Å²) >= 11 is 5.41. The Balaban J connectivity index is 1.32. The van der Waals surface area contributed by atoms with Crippen LogP contribution in [-0.2, 0) is 14.3 Å². The van der Waals surface area contributed by atoms with Gasteiger partial charge in [-0.15, -0.1) is 0 Å². The Labute approximate surface area is 183 Å². The number of rotatable bonds is 5. The molecule has 162 valence electrons. The Bertz CT molecular complexity index is 782. The molecule has 1 aromatic carbocycles. The maximum absolute atomic E-state index is 13.2. The molecule has 4 rings (SSSR count). The fourth-order valence-electron chi connectivity index (χ4n) is 4.86. The van der Waals surface area contributed by atoms with Crippen molar-refractivity contribution in [2.24, 2.45) is 11.8 Å². The second-order valence-electron chi connectivity index (χ2n) is 8.30. The third kappa shape index (κ3) is 4.30. The maximum Gasteiger partial charge on any atom is 0.233 e. The predicted molar refractivity (Wildman–Crippen MR) is 119 cm³/mol. The number of nitrogens with zero attached hydrogens (tertiary/aromatic N) is 3. The van der Waals surface area contributed by atoms with E-state index in [0.717, 1.165) is 39.0 Å². The Kier molecular flexibility index (Phi) is 6.53. The molecule has 0 spiro atoms. The fourth-order valence-corrected chi connectivity index (χ4v) is 5.20. The molecule has 0 bridgehead atoms. The molecular weight excluding hydrogens is 400 g/mol. The van der Waals surface area contributed by atoms with E-state index in [4.69, 9.17) is 17.0 Å². The van der Waals surface area contributed by atoms with Gasteiger partial charge in [-0.1, -0.05) is 18.2 Å².